The van der Waals surface area contributed by atoms with E-state index in [1.165, 1.54) is 6.33 Å². The molecular weight excluding hydrogens is 230 g/mol. The number of rotatable bonds is 5. The van der Waals surface area contributed by atoms with E-state index in [9.17, 15) is 9.90 Å². The first-order chi connectivity index (χ1) is 8.69. The summed E-state index contributed by atoms with van der Waals surface area (Å²) in [6.45, 7) is 3.46. The lowest BCUT2D eigenvalue weighted by molar-refractivity contribution is -0.150. The van der Waals surface area contributed by atoms with Crippen molar-refractivity contribution >= 4 is 5.97 Å². The number of aromatic nitrogens is 2. The summed E-state index contributed by atoms with van der Waals surface area (Å²) >= 11 is 0. The average Bonchev–Trinajstić information content (AvgIpc) is 2.75. The second-order valence-corrected chi connectivity index (χ2v) is 4.81. The van der Waals surface area contributed by atoms with Gasteiger partial charge in [-0.3, -0.25) is 9.69 Å². The van der Waals surface area contributed by atoms with Crippen molar-refractivity contribution in [1.29, 1.82) is 0 Å². The van der Waals surface area contributed by atoms with Gasteiger partial charge >= 0.3 is 5.97 Å². The molecule has 0 amide bonds. The normalized spacial score (nSPS) is 24.3. The van der Waals surface area contributed by atoms with E-state index in [0.717, 1.165) is 31.5 Å². The molecule has 1 aromatic heterocycles. The van der Waals surface area contributed by atoms with E-state index >= 15 is 0 Å². The molecular formula is C13H19N3O2. The number of hydrogen-bond acceptors (Lipinski definition) is 4. The zero-order chi connectivity index (χ0) is 13.0. The summed E-state index contributed by atoms with van der Waals surface area (Å²) in [6.07, 6.45) is 6.47. The standard InChI is InChI=1S/C13H19N3O2/c1-2-5-13(12(17)18)6-3-8-16(13)9-11-4-7-14-10-15-11/h4,7,10H,2-3,5-6,8-9H2,1H3,(H,17,18). The zero-order valence-corrected chi connectivity index (χ0v) is 10.7. The molecule has 0 radical (unpaired) electrons. The molecule has 0 saturated carbocycles. The molecule has 98 valence electrons. The number of hydrogen-bond donors (Lipinski definition) is 1. The fraction of sp³-hybridized carbons (Fsp3) is 0.615. The van der Waals surface area contributed by atoms with Gasteiger partial charge in [0.05, 0.1) is 5.69 Å². The number of aliphatic carboxylic acids is 1. The Morgan fingerprint density at radius 3 is 3.06 bits per heavy atom. The fourth-order valence-corrected chi connectivity index (χ4v) is 2.82. The van der Waals surface area contributed by atoms with Crippen molar-refractivity contribution < 1.29 is 9.90 Å². The van der Waals surface area contributed by atoms with Crippen LogP contribution in [0.5, 0.6) is 0 Å². The molecule has 1 aliphatic rings. The van der Waals surface area contributed by atoms with Gasteiger partial charge in [0.15, 0.2) is 0 Å². The third-order valence-corrected chi connectivity index (χ3v) is 3.68. The molecule has 0 aliphatic carbocycles. The van der Waals surface area contributed by atoms with Gasteiger partial charge in [0.25, 0.3) is 0 Å². The first-order valence-corrected chi connectivity index (χ1v) is 6.42. The minimum absolute atomic E-state index is 0.592. The molecule has 1 unspecified atom stereocenters. The van der Waals surface area contributed by atoms with E-state index in [2.05, 4.69) is 14.9 Å². The van der Waals surface area contributed by atoms with Crippen LogP contribution in [-0.2, 0) is 11.3 Å². The van der Waals surface area contributed by atoms with Crippen molar-refractivity contribution in [1.82, 2.24) is 14.9 Å². The van der Waals surface area contributed by atoms with E-state index in [-0.39, 0.29) is 0 Å². The highest BCUT2D eigenvalue weighted by molar-refractivity contribution is 5.79. The Bertz CT molecular complexity index is 410. The molecule has 18 heavy (non-hydrogen) atoms. The largest absolute Gasteiger partial charge is 0.480 e. The molecule has 1 aromatic rings. The second kappa shape index (κ2) is 5.44. The quantitative estimate of drug-likeness (QED) is 0.860. The summed E-state index contributed by atoms with van der Waals surface area (Å²) in [5.41, 5.74) is 0.188. The van der Waals surface area contributed by atoms with Crippen LogP contribution in [-0.4, -0.2) is 38.0 Å². The lowest BCUT2D eigenvalue weighted by atomic mass is 9.90. The Labute approximate surface area is 107 Å². The van der Waals surface area contributed by atoms with Gasteiger partial charge in [-0.15, -0.1) is 0 Å². The lowest BCUT2D eigenvalue weighted by Gasteiger charge is -2.34. The van der Waals surface area contributed by atoms with Crippen LogP contribution in [0.3, 0.4) is 0 Å². The van der Waals surface area contributed by atoms with E-state index in [0.29, 0.717) is 13.0 Å². The smallest absolute Gasteiger partial charge is 0.324 e. The van der Waals surface area contributed by atoms with Gasteiger partial charge < -0.3 is 5.11 Å². The average molecular weight is 249 g/mol. The van der Waals surface area contributed by atoms with Crippen LogP contribution in [0.4, 0.5) is 0 Å². The fourth-order valence-electron chi connectivity index (χ4n) is 2.82. The highest BCUT2D eigenvalue weighted by Gasteiger charge is 2.46. The van der Waals surface area contributed by atoms with Gasteiger partial charge in [0, 0.05) is 12.7 Å². The van der Waals surface area contributed by atoms with Crippen molar-refractivity contribution in [3.8, 4) is 0 Å². The van der Waals surface area contributed by atoms with Crippen LogP contribution in [0, 0.1) is 0 Å². The predicted octanol–water partition coefficient (Wildman–Crippen LogP) is 1.70. The van der Waals surface area contributed by atoms with Gasteiger partial charge in [-0.1, -0.05) is 13.3 Å². The van der Waals surface area contributed by atoms with Crippen molar-refractivity contribution in [2.45, 2.75) is 44.7 Å². The van der Waals surface area contributed by atoms with Crippen molar-refractivity contribution in [2.75, 3.05) is 6.54 Å². The van der Waals surface area contributed by atoms with E-state index < -0.39 is 11.5 Å². The Morgan fingerprint density at radius 1 is 1.61 bits per heavy atom. The molecule has 5 nitrogen and oxygen atoms in total. The Kier molecular flexibility index (Phi) is 3.91. The maximum Gasteiger partial charge on any atom is 0.324 e. The Balaban J connectivity index is 2.18. The minimum Gasteiger partial charge on any atom is -0.480 e. The van der Waals surface area contributed by atoms with E-state index in [1.807, 2.05) is 13.0 Å². The molecule has 2 rings (SSSR count). The summed E-state index contributed by atoms with van der Waals surface area (Å²) in [4.78, 5) is 21.8. The predicted molar refractivity (Wildman–Crippen MR) is 67.0 cm³/mol. The van der Waals surface area contributed by atoms with Crippen molar-refractivity contribution in [2.24, 2.45) is 0 Å². The molecule has 2 heterocycles. The maximum atomic E-state index is 11.6. The van der Waals surface area contributed by atoms with Gasteiger partial charge in [0.1, 0.15) is 11.9 Å². The summed E-state index contributed by atoms with van der Waals surface area (Å²) in [7, 11) is 0. The summed E-state index contributed by atoms with van der Waals surface area (Å²) in [5.74, 6) is -0.698. The molecule has 1 aliphatic heterocycles. The Hall–Kier alpha value is -1.49. The van der Waals surface area contributed by atoms with Gasteiger partial charge in [-0.05, 0) is 31.9 Å². The topological polar surface area (TPSA) is 66.3 Å². The van der Waals surface area contributed by atoms with Gasteiger partial charge in [-0.25, -0.2) is 9.97 Å². The van der Waals surface area contributed by atoms with Crippen LogP contribution in [0.1, 0.15) is 38.3 Å². The highest BCUT2D eigenvalue weighted by atomic mass is 16.4. The van der Waals surface area contributed by atoms with Crippen LogP contribution in [0.25, 0.3) is 0 Å². The van der Waals surface area contributed by atoms with Crippen molar-refractivity contribution in [3.05, 3.63) is 24.3 Å². The van der Waals surface area contributed by atoms with Gasteiger partial charge in [-0.2, -0.15) is 0 Å². The molecule has 0 bridgehead atoms. The SMILES string of the molecule is CCCC1(C(=O)O)CCCN1Cc1ccncn1. The van der Waals surface area contributed by atoms with Gasteiger partial charge in [0.2, 0.25) is 0 Å². The van der Waals surface area contributed by atoms with Crippen LogP contribution >= 0.6 is 0 Å². The third-order valence-electron chi connectivity index (χ3n) is 3.68. The third kappa shape index (κ3) is 2.36. The van der Waals surface area contributed by atoms with Crippen molar-refractivity contribution in [3.63, 3.8) is 0 Å². The lowest BCUT2D eigenvalue weighted by Crippen LogP contribution is -2.50. The molecule has 1 atom stereocenters. The number of carboxylic acids is 1. The van der Waals surface area contributed by atoms with E-state index in [4.69, 9.17) is 0 Å². The summed E-state index contributed by atoms with van der Waals surface area (Å²) in [6, 6.07) is 1.84. The highest BCUT2D eigenvalue weighted by Crippen LogP contribution is 2.34. The molecule has 1 saturated heterocycles. The van der Waals surface area contributed by atoms with E-state index in [1.54, 1.807) is 6.20 Å². The zero-order valence-electron chi connectivity index (χ0n) is 10.7. The molecule has 1 fully saturated rings. The second-order valence-electron chi connectivity index (χ2n) is 4.81. The minimum atomic E-state index is -0.698. The Morgan fingerprint density at radius 2 is 2.44 bits per heavy atom. The molecule has 0 spiro atoms. The van der Waals surface area contributed by atoms with Crippen LogP contribution in [0.15, 0.2) is 18.6 Å². The summed E-state index contributed by atoms with van der Waals surface area (Å²) < 4.78 is 0. The maximum absolute atomic E-state index is 11.6. The van der Waals surface area contributed by atoms with Crippen LogP contribution < -0.4 is 0 Å². The van der Waals surface area contributed by atoms with Crippen LogP contribution in [0.2, 0.25) is 0 Å². The molecule has 0 aromatic carbocycles. The first kappa shape index (κ1) is 13.0. The monoisotopic (exact) mass is 249 g/mol. The summed E-state index contributed by atoms with van der Waals surface area (Å²) in [5, 5.41) is 9.57. The number of nitrogens with zero attached hydrogens (tertiary/aromatic N) is 3. The first-order valence-electron chi connectivity index (χ1n) is 6.42. The molecule has 5 heteroatoms. The molecule has 1 N–H and O–H groups in total. The number of likely N-dealkylation sites (tertiary alicyclic amines) is 1. The number of carboxylic acid groups (broad SMARTS) is 1. The number of carbonyl (C=O) groups is 1.